The highest BCUT2D eigenvalue weighted by atomic mass is 16.5. The maximum atomic E-state index is 12.6. The molecular weight excluding hydrogens is 368 g/mol. The Balaban J connectivity index is 1.74. The molecule has 1 aromatic carbocycles. The van der Waals surface area contributed by atoms with Gasteiger partial charge in [-0.1, -0.05) is 44.2 Å². The van der Waals surface area contributed by atoms with Gasteiger partial charge in [0, 0.05) is 39.8 Å². The number of rotatable bonds is 11. The molecule has 0 aromatic heterocycles. The first-order valence-electron chi connectivity index (χ1n) is 10.5. The summed E-state index contributed by atoms with van der Waals surface area (Å²) in [5.41, 5.74) is 1.15. The number of amides is 2. The maximum Gasteiger partial charge on any atom is 0.234 e. The predicted octanol–water partition coefficient (Wildman–Crippen LogP) is 1.27. The first kappa shape index (κ1) is 23.3. The third-order valence-electron chi connectivity index (χ3n) is 5.07. The second kappa shape index (κ2) is 12.6. The fourth-order valence-electron chi connectivity index (χ4n) is 3.54. The van der Waals surface area contributed by atoms with Crippen molar-refractivity contribution >= 4 is 11.8 Å². The van der Waals surface area contributed by atoms with Crippen molar-refractivity contribution in [2.45, 2.75) is 26.3 Å². The summed E-state index contributed by atoms with van der Waals surface area (Å²) in [6.45, 7) is 9.36. The monoisotopic (exact) mass is 404 g/mol. The van der Waals surface area contributed by atoms with E-state index in [4.69, 9.17) is 4.74 Å². The summed E-state index contributed by atoms with van der Waals surface area (Å²) in [5.74, 6) is 0.581. The van der Waals surface area contributed by atoms with Crippen LogP contribution in [0.5, 0.6) is 0 Å². The summed E-state index contributed by atoms with van der Waals surface area (Å²) >= 11 is 0. The number of nitrogens with one attached hydrogen (secondary N) is 2. The topological polar surface area (TPSA) is 73.9 Å². The smallest absolute Gasteiger partial charge is 0.234 e. The molecule has 7 heteroatoms. The molecule has 162 valence electrons. The molecule has 2 amide bonds. The van der Waals surface area contributed by atoms with Crippen LogP contribution in [0, 0.1) is 5.92 Å². The molecule has 7 nitrogen and oxygen atoms in total. The van der Waals surface area contributed by atoms with Crippen LogP contribution in [0.15, 0.2) is 30.3 Å². The number of benzene rings is 1. The van der Waals surface area contributed by atoms with Gasteiger partial charge in [-0.25, -0.2) is 0 Å². The van der Waals surface area contributed by atoms with Crippen molar-refractivity contribution in [3.8, 4) is 0 Å². The zero-order valence-corrected chi connectivity index (χ0v) is 18.0. The van der Waals surface area contributed by atoms with E-state index in [1.807, 2.05) is 18.2 Å². The molecule has 1 aromatic rings. The maximum absolute atomic E-state index is 12.6. The SMILES string of the molecule is COCCNC(=O)CN1CCN(CC(=O)NC(CC(C)C)c2ccccc2)CC1. The molecule has 1 fully saturated rings. The van der Waals surface area contributed by atoms with E-state index in [-0.39, 0.29) is 17.9 Å². The highest BCUT2D eigenvalue weighted by molar-refractivity contribution is 5.79. The Morgan fingerprint density at radius 2 is 1.59 bits per heavy atom. The molecule has 0 spiro atoms. The number of piperazine rings is 1. The average Bonchev–Trinajstić information content (AvgIpc) is 2.69. The van der Waals surface area contributed by atoms with Gasteiger partial charge in [0.2, 0.25) is 11.8 Å². The molecule has 1 aliphatic rings. The van der Waals surface area contributed by atoms with Crippen LogP contribution in [-0.4, -0.2) is 81.1 Å². The number of carbonyl (C=O) groups excluding carboxylic acids is 2. The number of hydrogen-bond donors (Lipinski definition) is 2. The molecule has 0 saturated carbocycles. The standard InChI is InChI=1S/C22H36N4O3/c1-18(2)15-20(19-7-5-4-6-8-19)24-22(28)17-26-12-10-25(11-13-26)16-21(27)23-9-14-29-3/h4-8,18,20H,9-17H2,1-3H3,(H,23,27)(H,24,28). The quantitative estimate of drug-likeness (QED) is 0.544. The van der Waals surface area contributed by atoms with Crippen molar-refractivity contribution in [2.75, 3.05) is 59.5 Å². The number of carbonyl (C=O) groups is 2. The molecule has 0 bridgehead atoms. The van der Waals surface area contributed by atoms with E-state index in [2.05, 4.69) is 46.4 Å². The fraction of sp³-hybridized carbons (Fsp3) is 0.636. The largest absolute Gasteiger partial charge is 0.383 e. The lowest BCUT2D eigenvalue weighted by Gasteiger charge is -2.34. The van der Waals surface area contributed by atoms with Crippen LogP contribution in [0.1, 0.15) is 31.9 Å². The van der Waals surface area contributed by atoms with E-state index >= 15 is 0 Å². The summed E-state index contributed by atoms with van der Waals surface area (Å²) < 4.78 is 4.94. The minimum atomic E-state index is 0.0210. The van der Waals surface area contributed by atoms with Crippen molar-refractivity contribution < 1.29 is 14.3 Å². The Morgan fingerprint density at radius 3 is 2.14 bits per heavy atom. The summed E-state index contributed by atoms with van der Waals surface area (Å²) in [7, 11) is 1.62. The van der Waals surface area contributed by atoms with Crippen molar-refractivity contribution in [3.05, 3.63) is 35.9 Å². The van der Waals surface area contributed by atoms with E-state index in [1.54, 1.807) is 7.11 Å². The highest BCUT2D eigenvalue weighted by Gasteiger charge is 2.22. The highest BCUT2D eigenvalue weighted by Crippen LogP contribution is 2.21. The van der Waals surface area contributed by atoms with Crippen molar-refractivity contribution in [1.82, 2.24) is 20.4 Å². The molecule has 2 rings (SSSR count). The lowest BCUT2D eigenvalue weighted by atomic mass is 9.97. The molecule has 1 atom stereocenters. The summed E-state index contributed by atoms with van der Waals surface area (Å²) in [4.78, 5) is 28.8. The molecule has 1 heterocycles. The normalized spacial score (nSPS) is 16.6. The summed E-state index contributed by atoms with van der Waals surface area (Å²) in [6, 6.07) is 10.2. The minimum absolute atomic E-state index is 0.0210. The van der Waals surface area contributed by atoms with Crippen LogP contribution in [0.4, 0.5) is 0 Å². The van der Waals surface area contributed by atoms with Gasteiger partial charge in [-0.3, -0.25) is 19.4 Å². The zero-order chi connectivity index (χ0) is 21.1. The van der Waals surface area contributed by atoms with E-state index in [0.29, 0.717) is 32.2 Å². The minimum Gasteiger partial charge on any atom is -0.383 e. The molecule has 2 N–H and O–H groups in total. The van der Waals surface area contributed by atoms with Crippen LogP contribution < -0.4 is 10.6 Å². The first-order valence-corrected chi connectivity index (χ1v) is 10.5. The summed E-state index contributed by atoms with van der Waals surface area (Å²) in [5, 5.41) is 6.06. The predicted molar refractivity (Wildman–Crippen MR) is 115 cm³/mol. The Hall–Kier alpha value is -1.96. The molecule has 0 radical (unpaired) electrons. The van der Waals surface area contributed by atoms with Gasteiger partial charge in [-0.2, -0.15) is 0 Å². The Labute approximate surface area is 174 Å². The van der Waals surface area contributed by atoms with Crippen molar-refractivity contribution in [2.24, 2.45) is 5.92 Å². The Morgan fingerprint density at radius 1 is 1.00 bits per heavy atom. The van der Waals surface area contributed by atoms with Gasteiger partial charge in [0.15, 0.2) is 0 Å². The lowest BCUT2D eigenvalue weighted by Crippen LogP contribution is -2.51. The van der Waals surface area contributed by atoms with E-state index in [9.17, 15) is 9.59 Å². The second-order valence-electron chi connectivity index (χ2n) is 8.06. The number of hydrogen-bond acceptors (Lipinski definition) is 5. The Kier molecular flexibility index (Phi) is 10.1. The lowest BCUT2D eigenvalue weighted by molar-refractivity contribution is -0.125. The van der Waals surface area contributed by atoms with Crippen molar-refractivity contribution in [3.63, 3.8) is 0 Å². The third kappa shape index (κ3) is 8.94. The van der Waals surface area contributed by atoms with Gasteiger partial charge in [0.25, 0.3) is 0 Å². The Bertz CT molecular complexity index is 616. The zero-order valence-electron chi connectivity index (χ0n) is 18.0. The van der Waals surface area contributed by atoms with Crippen LogP contribution in [-0.2, 0) is 14.3 Å². The molecule has 29 heavy (non-hydrogen) atoms. The van der Waals surface area contributed by atoms with Crippen LogP contribution in [0.25, 0.3) is 0 Å². The van der Waals surface area contributed by atoms with Gasteiger partial charge in [-0.15, -0.1) is 0 Å². The van der Waals surface area contributed by atoms with Gasteiger partial charge < -0.3 is 15.4 Å². The van der Waals surface area contributed by atoms with E-state index in [0.717, 1.165) is 38.2 Å². The van der Waals surface area contributed by atoms with Crippen LogP contribution >= 0.6 is 0 Å². The van der Waals surface area contributed by atoms with Crippen molar-refractivity contribution in [1.29, 1.82) is 0 Å². The summed E-state index contributed by atoms with van der Waals surface area (Å²) in [6.07, 6.45) is 0.918. The molecule has 0 aliphatic carbocycles. The fourth-order valence-corrected chi connectivity index (χ4v) is 3.54. The molecule has 1 unspecified atom stereocenters. The van der Waals surface area contributed by atoms with Gasteiger partial charge in [0.1, 0.15) is 0 Å². The van der Waals surface area contributed by atoms with Crippen LogP contribution in [0.2, 0.25) is 0 Å². The number of methoxy groups -OCH3 is 1. The number of ether oxygens (including phenoxy) is 1. The van der Waals surface area contributed by atoms with E-state index < -0.39 is 0 Å². The van der Waals surface area contributed by atoms with Gasteiger partial charge in [-0.05, 0) is 17.9 Å². The van der Waals surface area contributed by atoms with E-state index in [1.165, 1.54) is 0 Å². The first-order chi connectivity index (χ1) is 14.0. The van der Waals surface area contributed by atoms with Gasteiger partial charge >= 0.3 is 0 Å². The number of nitrogens with zero attached hydrogens (tertiary/aromatic N) is 2. The van der Waals surface area contributed by atoms with Gasteiger partial charge in [0.05, 0.1) is 25.7 Å². The molecule has 1 saturated heterocycles. The molecular formula is C22H36N4O3. The molecule has 1 aliphatic heterocycles. The second-order valence-corrected chi connectivity index (χ2v) is 8.06. The average molecular weight is 405 g/mol. The third-order valence-corrected chi connectivity index (χ3v) is 5.07. The van der Waals surface area contributed by atoms with Crippen LogP contribution in [0.3, 0.4) is 0 Å².